The van der Waals surface area contributed by atoms with Crippen LogP contribution in [-0.2, 0) is 11.3 Å². The molecule has 1 aromatic carbocycles. The Balaban J connectivity index is 2.17. The van der Waals surface area contributed by atoms with Gasteiger partial charge in [-0.1, -0.05) is 11.6 Å². The van der Waals surface area contributed by atoms with Crippen LogP contribution in [0, 0.1) is 0 Å². The molecule has 1 heterocycles. The maximum atomic E-state index is 11.9. The van der Waals surface area contributed by atoms with Gasteiger partial charge in [-0.05, 0) is 31.7 Å². The van der Waals surface area contributed by atoms with E-state index in [4.69, 9.17) is 22.1 Å². The van der Waals surface area contributed by atoms with Crippen molar-refractivity contribution >= 4 is 23.3 Å². The summed E-state index contributed by atoms with van der Waals surface area (Å²) in [5.74, 6) is -0.419. The van der Waals surface area contributed by atoms with Crippen LogP contribution in [0.2, 0.25) is 5.02 Å². The van der Waals surface area contributed by atoms with Crippen LogP contribution in [-0.4, -0.2) is 55.6 Å². The highest BCUT2D eigenvalue weighted by molar-refractivity contribution is 6.31. The highest BCUT2D eigenvalue weighted by atomic mass is 35.5. The molecule has 5 nitrogen and oxygen atoms in total. The van der Waals surface area contributed by atoms with Crippen molar-refractivity contribution in [3.63, 3.8) is 0 Å². The van der Waals surface area contributed by atoms with Crippen molar-refractivity contribution in [1.82, 2.24) is 9.80 Å². The third-order valence-corrected chi connectivity index (χ3v) is 3.93. The number of esters is 1. The van der Waals surface area contributed by atoms with Gasteiger partial charge in [0.2, 0.25) is 0 Å². The molecule has 6 heteroatoms. The van der Waals surface area contributed by atoms with Crippen molar-refractivity contribution in [3.05, 3.63) is 28.3 Å². The van der Waals surface area contributed by atoms with Gasteiger partial charge in [0.25, 0.3) is 0 Å². The number of anilines is 1. The first-order chi connectivity index (χ1) is 10.0. The summed E-state index contributed by atoms with van der Waals surface area (Å²) < 4.78 is 5.02. The third kappa shape index (κ3) is 4.09. The second-order valence-corrected chi connectivity index (χ2v) is 5.76. The molecule has 1 aliphatic rings. The van der Waals surface area contributed by atoms with Gasteiger partial charge in [0.1, 0.15) is 0 Å². The molecule has 0 saturated carbocycles. The molecule has 0 radical (unpaired) electrons. The average Bonchev–Trinajstić information content (AvgIpc) is 2.45. The van der Waals surface area contributed by atoms with Crippen molar-refractivity contribution in [2.75, 3.05) is 45.6 Å². The number of benzene rings is 1. The molecule has 21 heavy (non-hydrogen) atoms. The summed E-state index contributed by atoms with van der Waals surface area (Å²) in [5.41, 5.74) is 7.84. The first kappa shape index (κ1) is 16.1. The number of nitrogens with two attached hydrogens (primary N) is 1. The molecule has 0 aromatic heterocycles. The molecule has 0 spiro atoms. The minimum Gasteiger partial charge on any atom is -0.462 e. The lowest BCUT2D eigenvalue weighted by Crippen LogP contribution is -2.44. The van der Waals surface area contributed by atoms with Crippen molar-refractivity contribution in [2.45, 2.75) is 13.5 Å². The van der Waals surface area contributed by atoms with E-state index in [2.05, 4.69) is 16.8 Å². The van der Waals surface area contributed by atoms with Gasteiger partial charge in [-0.3, -0.25) is 4.90 Å². The van der Waals surface area contributed by atoms with Gasteiger partial charge in [-0.15, -0.1) is 0 Å². The molecule has 0 atom stereocenters. The van der Waals surface area contributed by atoms with Crippen molar-refractivity contribution in [3.8, 4) is 0 Å². The molecular formula is C15H22ClN3O2. The maximum absolute atomic E-state index is 11.9. The van der Waals surface area contributed by atoms with Gasteiger partial charge in [-0.25, -0.2) is 4.79 Å². The molecule has 1 aromatic rings. The van der Waals surface area contributed by atoms with Crippen molar-refractivity contribution in [1.29, 1.82) is 0 Å². The number of nitrogen functional groups attached to an aromatic ring is 1. The predicted octanol–water partition coefficient (Wildman–Crippen LogP) is 1.85. The van der Waals surface area contributed by atoms with E-state index in [0.29, 0.717) is 29.4 Å². The van der Waals surface area contributed by atoms with Crippen molar-refractivity contribution in [2.24, 2.45) is 0 Å². The number of hydrogen-bond donors (Lipinski definition) is 1. The Hall–Kier alpha value is -1.30. The summed E-state index contributed by atoms with van der Waals surface area (Å²) in [6.07, 6.45) is 0. The summed E-state index contributed by atoms with van der Waals surface area (Å²) in [5, 5.41) is 0.511. The molecule has 0 amide bonds. The topological polar surface area (TPSA) is 58.8 Å². The van der Waals surface area contributed by atoms with Gasteiger partial charge < -0.3 is 15.4 Å². The number of hydrogen-bond acceptors (Lipinski definition) is 5. The first-order valence-electron chi connectivity index (χ1n) is 7.17. The van der Waals surface area contributed by atoms with E-state index in [1.54, 1.807) is 13.0 Å². The van der Waals surface area contributed by atoms with E-state index in [-0.39, 0.29) is 0 Å². The lowest BCUT2D eigenvalue weighted by atomic mass is 10.1. The Labute approximate surface area is 130 Å². The van der Waals surface area contributed by atoms with Gasteiger partial charge in [0.15, 0.2) is 0 Å². The molecular weight excluding hydrogens is 290 g/mol. The number of piperazine rings is 1. The average molecular weight is 312 g/mol. The number of carbonyl (C=O) groups is 1. The van der Waals surface area contributed by atoms with Crippen LogP contribution in [0.4, 0.5) is 5.69 Å². The Kier molecular flexibility index (Phi) is 5.45. The summed E-state index contributed by atoms with van der Waals surface area (Å²) in [6, 6.07) is 3.40. The Morgan fingerprint density at radius 3 is 2.62 bits per heavy atom. The van der Waals surface area contributed by atoms with E-state index in [0.717, 1.165) is 31.7 Å². The predicted molar refractivity (Wildman–Crippen MR) is 84.6 cm³/mol. The van der Waals surface area contributed by atoms with Crippen LogP contribution in [0.15, 0.2) is 12.1 Å². The number of halogens is 1. The fraction of sp³-hybridized carbons (Fsp3) is 0.533. The highest BCUT2D eigenvalue weighted by Gasteiger charge is 2.19. The molecule has 0 aliphatic carbocycles. The number of nitrogens with zero attached hydrogens (tertiary/aromatic N) is 2. The summed E-state index contributed by atoms with van der Waals surface area (Å²) in [4.78, 5) is 16.5. The van der Waals surface area contributed by atoms with Crippen LogP contribution in [0.25, 0.3) is 0 Å². The molecule has 0 bridgehead atoms. The highest BCUT2D eigenvalue weighted by Crippen LogP contribution is 2.25. The largest absolute Gasteiger partial charge is 0.462 e. The Morgan fingerprint density at radius 2 is 2.00 bits per heavy atom. The number of rotatable bonds is 4. The van der Waals surface area contributed by atoms with E-state index >= 15 is 0 Å². The molecule has 1 aliphatic heterocycles. The Bertz CT molecular complexity index is 514. The number of ether oxygens (including phenoxy) is 1. The second-order valence-electron chi connectivity index (χ2n) is 5.33. The minimum atomic E-state index is -0.419. The fourth-order valence-electron chi connectivity index (χ4n) is 2.43. The molecule has 2 N–H and O–H groups in total. The lowest BCUT2D eigenvalue weighted by Gasteiger charge is -2.32. The SMILES string of the molecule is CCOC(=O)c1cc(Cl)cc(CN2CCN(C)CC2)c1N. The van der Waals surface area contributed by atoms with E-state index in [9.17, 15) is 4.79 Å². The van der Waals surface area contributed by atoms with Crippen LogP contribution in [0.3, 0.4) is 0 Å². The molecule has 0 unspecified atom stereocenters. The zero-order chi connectivity index (χ0) is 15.4. The number of likely N-dealkylation sites (N-methyl/N-ethyl adjacent to an activating group) is 1. The Morgan fingerprint density at radius 1 is 1.33 bits per heavy atom. The molecule has 116 valence electrons. The smallest absolute Gasteiger partial charge is 0.340 e. The first-order valence-corrected chi connectivity index (χ1v) is 7.55. The third-order valence-electron chi connectivity index (χ3n) is 3.72. The van der Waals surface area contributed by atoms with Crippen molar-refractivity contribution < 1.29 is 9.53 Å². The molecule has 1 saturated heterocycles. The molecule has 2 rings (SSSR count). The molecule has 1 fully saturated rings. The summed E-state index contributed by atoms with van der Waals surface area (Å²) in [6.45, 7) is 6.82. The monoisotopic (exact) mass is 311 g/mol. The normalized spacial score (nSPS) is 16.9. The quantitative estimate of drug-likeness (QED) is 0.679. The standard InChI is InChI=1S/C15H22ClN3O2/c1-3-21-15(20)13-9-12(16)8-11(14(13)17)10-19-6-4-18(2)5-7-19/h8-9H,3-7,10,17H2,1-2H3. The summed E-state index contributed by atoms with van der Waals surface area (Å²) in [7, 11) is 2.12. The van der Waals surface area contributed by atoms with E-state index in [1.807, 2.05) is 6.07 Å². The van der Waals surface area contributed by atoms with Crippen LogP contribution in [0.1, 0.15) is 22.8 Å². The van der Waals surface area contributed by atoms with Gasteiger partial charge >= 0.3 is 5.97 Å². The number of carbonyl (C=O) groups excluding carboxylic acids is 1. The van der Waals surface area contributed by atoms with Crippen LogP contribution < -0.4 is 5.73 Å². The minimum absolute atomic E-state index is 0.318. The zero-order valence-electron chi connectivity index (χ0n) is 12.6. The second kappa shape index (κ2) is 7.11. The van der Waals surface area contributed by atoms with E-state index in [1.165, 1.54) is 0 Å². The summed E-state index contributed by atoms with van der Waals surface area (Å²) >= 11 is 6.12. The van der Waals surface area contributed by atoms with Crippen LogP contribution >= 0.6 is 11.6 Å². The van der Waals surface area contributed by atoms with Gasteiger partial charge in [0.05, 0.1) is 17.9 Å². The zero-order valence-corrected chi connectivity index (χ0v) is 13.3. The van der Waals surface area contributed by atoms with Gasteiger partial charge in [0, 0.05) is 37.7 Å². The van der Waals surface area contributed by atoms with E-state index < -0.39 is 5.97 Å². The van der Waals surface area contributed by atoms with Crippen LogP contribution in [0.5, 0.6) is 0 Å². The van der Waals surface area contributed by atoms with Gasteiger partial charge in [-0.2, -0.15) is 0 Å². The fourth-order valence-corrected chi connectivity index (χ4v) is 2.67. The lowest BCUT2D eigenvalue weighted by molar-refractivity contribution is 0.0527. The maximum Gasteiger partial charge on any atom is 0.340 e.